The molecule has 0 unspecified atom stereocenters. The van der Waals surface area contributed by atoms with Crippen LogP contribution in [0, 0.1) is 15.9 Å². The van der Waals surface area contributed by atoms with E-state index in [1.807, 2.05) is 0 Å². The van der Waals surface area contributed by atoms with E-state index in [0.717, 1.165) is 23.5 Å². The van der Waals surface area contributed by atoms with Crippen LogP contribution >= 0.6 is 11.3 Å². The molecule has 0 aliphatic heterocycles. The Labute approximate surface area is 92.3 Å². The normalized spacial score (nSPS) is 10.3. The summed E-state index contributed by atoms with van der Waals surface area (Å²) in [6, 6.07) is 3.47. The van der Waals surface area contributed by atoms with E-state index in [4.69, 9.17) is 0 Å². The molecular weight excluding hydrogens is 235 g/mol. The molecule has 0 bridgehead atoms. The fourth-order valence-electron chi connectivity index (χ4n) is 1.24. The fourth-order valence-corrected chi connectivity index (χ4v) is 1.83. The minimum Gasteiger partial charge on any atom is -0.312 e. The first kappa shape index (κ1) is 10.5. The summed E-state index contributed by atoms with van der Waals surface area (Å²) in [5.74, 6) is -0.897. The summed E-state index contributed by atoms with van der Waals surface area (Å²) in [5.41, 5.74) is 0.245. The SMILES string of the molecule is O=c1[nH]c(-c2ccc(F)c([N+](=O)[O-])c2)cs1. The molecule has 1 aromatic heterocycles. The molecule has 1 heterocycles. The molecule has 0 radical (unpaired) electrons. The summed E-state index contributed by atoms with van der Waals surface area (Å²) in [4.78, 5) is 22.8. The van der Waals surface area contributed by atoms with E-state index in [2.05, 4.69) is 4.98 Å². The predicted molar refractivity (Wildman–Crippen MR) is 57.0 cm³/mol. The van der Waals surface area contributed by atoms with Crippen molar-refractivity contribution in [2.24, 2.45) is 0 Å². The van der Waals surface area contributed by atoms with Crippen molar-refractivity contribution in [1.82, 2.24) is 4.98 Å². The van der Waals surface area contributed by atoms with Gasteiger partial charge < -0.3 is 4.98 Å². The van der Waals surface area contributed by atoms with Crippen LogP contribution in [-0.4, -0.2) is 9.91 Å². The average molecular weight is 240 g/mol. The topological polar surface area (TPSA) is 76.0 Å². The number of nitrogens with zero attached hydrogens (tertiary/aromatic N) is 1. The van der Waals surface area contributed by atoms with Gasteiger partial charge in [0.2, 0.25) is 5.82 Å². The summed E-state index contributed by atoms with van der Waals surface area (Å²) in [6.45, 7) is 0. The van der Waals surface area contributed by atoms with Gasteiger partial charge in [-0.05, 0) is 12.1 Å². The second-order valence-corrected chi connectivity index (χ2v) is 3.83. The Balaban J connectivity index is 2.55. The van der Waals surface area contributed by atoms with Crippen molar-refractivity contribution in [3.05, 3.63) is 49.2 Å². The Morgan fingerprint density at radius 1 is 1.44 bits per heavy atom. The van der Waals surface area contributed by atoms with Crippen molar-refractivity contribution in [3.63, 3.8) is 0 Å². The van der Waals surface area contributed by atoms with Crippen LogP contribution in [0.25, 0.3) is 11.3 Å². The van der Waals surface area contributed by atoms with Crippen LogP contribution in [0.1, 0.15) is 0 Å². The van der Waals surface area contributed by atoms with Gasteiger partial charge in [-0.25, -0.2) is 0 Å². The number of nitrogens with one attached hydrogen (secondary N) is 1. The average Bonchev–Trinajstić information content (AvgIpc) is 2.65. The second-order valence-electron chi connectivity index (χ2n) is 2.99. The number of nitro groups is 1. The molecule has 0 amide bonds. The van der Waals surface area contributed by atoms with Gasteiger partial charge in [-0.3, -0.25) is 14.9 Å². The first-order valence-corrected chi connectivity index (χ1v) is 5.08. The first-order chi connectivity index (χ1) is 7.58. The molecule has 0 spiro atoms. The van der Waals surface area contributed by atoms with Gasteiger partial charge in [0, 0.05) is 17.0 Å². The molecule has 0 saturated carbocycles. The third kappa shape index (κ3) is 1.84. The van der Waals surface area contributed by atoms with Crippen LogP contribution in [-0.2, 0) is 0 Å². The highest BCUT2D eigenvalue weighted by Gasteiger charge is 2.15. The van der Waals surface area contributed by atoms with E-state index in [0.29, 0.717) is 11.3 Å². The van der Waals surface area contributed by atoms with E-state index in [9.17, 15) is 19.3 Å². The highest BCUT2D eigenvalue weighted by atomic mass is 32.1. The zero-order valence-electron chi connectivity index (χ0n) is 7.77. The molecule has 2 rings (SSSR count). The zero-order valence-corrected chi connectivity index (χ0v) is 8.58. The van der Waals surface area contributed by atoms with Gasteiger partial charge in [0.15, 0.2) is 0 Å². The Morgan fingerprint density at radius 3 is 2.75 bits per heavy atom. The molecule has 0 aliphatic carbocycles. The van der Waals surface area contributed by atoms with Crippen LogP contribution in [0.3, 0.4) is 0 Å². The fraction of sp³-hybridized carbons (Fsp3) is 0. The first-order valence-electron chi connectivity index (χ1n) is 4.20. The van der Waals surface area contributed by atoms with E-state index >= 15 is 0 Å². The van der Waals surface area contributed by atoms with Crippen LogP contribution in [0.4, 0.5) is 10.1 Å². The number of aromatic nitrogens is 1. The molecule has 2 aromatic rings. The lowest BCUT2D eigenvalue weighted by Crippen LogP contribution is -1.95. The maximum Gasteiger partial charge on any atom is 0.305 e. The van der Waals surface area contributed by atoms with Gasteiger partial charge in [-0.15, -0.1) is 0 Å². The number of thiazole rings is 1. The number of aromatic amines is 1. The Hall–Kier alpha value is -2.02. The molecule has 16 heavy (non-hydrogen) atoms. The smallest absolute Gasteiger partial charge is 0.305 e. The van der Waals surface area contributed by atoms with Gasteiger partial charge in [0.1, 0.15) is 0 Å². The minimum atomic E-state index is -0.897. The second kappa shape index (κ2) is 3.86. The number of H-pyrrole nitrogens is 1. The number of hydrogen-bond acceptors (Lipinski definition) is 4. The van der Waals surface area contributed by atoms with Crippen molar-refractivity contribution >= 4 is 17.0 Å². The van der Waals surface area contributed by atoms with E-state index in [1.165, 1.54) is 11.4 Å². The molecule has 1 aromatic carbocycles. The quantitative estimate of drug-likeness (QED) is 0.645. The zero-order chi connectivity index (χ0) is 11.7. The minimum absolute atomic E-state index is 0.262. The van der Waals surface area contributed by atoms with Gasteiger partial charge in [0.05, 0.1) is 10.6 Å². The maximum absolute atomic E-state index is 13.0. The number of benzene rings is 1. The summed E-state index contributed by atoms with van der Waals surface area (Å²) in [6.07, 6.45) is 0. The van der Waals surface area contributed by atoms with E-state index in [1.54, 1.807) is 0 Å². The molecule has 0 fully saturated rings. The number of halogens is 1. The van der Waals surface area contributed by atoms with Crippen molar-refractivity contribution < 1.29 is 9.31 Å². The molecule has 0 aliphatic rings. The van der Waals surface area contributed by atoms with E-state index < -0.39 is 16.4 Å². The summed E-state index contributed by atoms with van der Waals surface area (Å²) < 4.78 is 13.0. The Kier molecular flexibility index (Phi) is 2.53. The van der Waals surface area contributed by atoms with Crippen LogP contribution < -0.4 is 4.87 Å². The number of hydrogen-bond donors (Lipinski definition) is 1. The lowest BCUT2D eigenvalue weighted by atomic mass is 10.1. The molecule has 82 valence electrons. The molecule has 1 N–H and O–H groups in total. The molecule has 7 heteroatoms. The molecule has 0 saturated heterocycles. The third-order valence-electron chi connectivity index (χ3n) is 1.97. The molecule has 5 nitrogen and oxygen atoms in total. The predicted octanol–water partition coefficient (Wildman–Crippen LogP) is 2.15. The number of rotatable bonds is 2. The van der Waals surface area contributed by atoms with Crippen LogP contribution in [0.5, 0.6) is 0 Å². The summed E-state index contributed by atoms with van der Waals surface area (Å²) >= 11 is 0.943. The van der Waals surface area contributed by atoms with Gasteiger partial charge >= 0.3 is 10.6 Å². The Bertz CT molecular complexity index is 605. The highest BCUT2D eigenvalue weighted by Crippen LogP contribution is 2.24. The van der Waals surface area contributed by atoms with Gasteiger partial charge in [-0.2, -0.15) is 4.39 Å². The van der Waals surface area contributed by atoms with Crippen molar-refractivity contribution in [3.8, 4) is 11.3 Å². The largest absolute Gasteiger partial charge is 0.312 e. The summed E-state index contributed by atoms with van der Waals surface area (Å²) in [7, 11) is 0. The molecular formula is C9H5FN2O3S. The third-order valence-corrected chi connectivity index (χ3v) is 2.64. The summed E-state index contributed by atoms with van der Waals surface area (Å²) in [5, 5.41) is 12.0. The highest BCUT2D eigenvalue weighted by molar-refractivity contribution is 7.07. The number of nitro benzene ring substituents is 1. The van der Waals surface area contributed by atoms with E-state index in [-0.39, 0.29) is 4.87 Å². The van der Waals surface area contributed by atoms with Crippen molar-refractivity contribution in [1.29, 1.82) is 0 Å². The Morgan fingerprint density at radius 2 is 2.19 bits per heavy atom. The monoisotopic (exact) mass is 240 g/mol. The lowest BCUT2D eigenvalue weighted by molar-refractivity contribution is -0.387. The lowest BCUT2D eigenvalue weighted by Gasteiger charge is -1.98. The maximum atomic E-state index is 13.0. The van der Waals surface area contributed by atoms with Crippen molar-refractivity contribution in [2.45, 2.75) is 0 Å². The standard InChI is InChI=1S/C9H5FN2O3S/c10-6-2-1-5(3-8(6)12(14)15)7-4-16-9(13)11-7/h1-4H,(H,11,13). The molecule has 0 atom stereocenters. The van der Waals surface area contributed by atoms with Crippen LogP contribution in [0.15, 0.2) is 28.4 Å². The van der Waals surface area contributed by atoms with Crippen LogP contribution in [0.2, 0.25) is 0 Å². The van der Waals surface area contributed by atoms with Crippen molar-refractivity contribution in [2.75, 3.05) is 0 Å². The van der Waals surface area contributed by atoms with Gasteiger partial charge in [0.25, 0.3) is 0 Å². The van der Waals surface area contributed by atoms with Gasteiger partial charge in [-0.1, -0.05) is 11.3 Å².